The summed E-state index contributed by atoms with van der Waals surface area (Å²) in [5.74, 6) is 0.591. The van der Waals surface area contributed by atoms with Gasteiger partial charge in [-0.25, -0.2) is 0 Å². The minimum Gasteiger partial charge on any atom is -0.497 e. The minimum atomic E-state index is -0.437. The van der Waals surface area contributed by atoms with Gasteiger partial charge in [-0.3, -0.25) is 9.59 Å². The Morgan fingerprint density at radius 3 is 2.54 bits per heavy atom. The standard InChI is InChI=1S/C19H20BrNO5/c1-24-16-9-7-15(8-10-16)21-18(22)13-26-19(23)6-3-11-25-17-5-2-4-14(20)12-17/h2,4-5,7-10,12H,3,6,11,13H2,1H3,(H,21,22). The zero-order valence-electron chi connectivity index (χ0n) is 14.4. The third-order valence-corrected chi connectivity index (χ3v) is 3.82. The summed E-state index contributed by atoms with van der Waals surface area (Å²) < 4.78 is 16.5. The maximum Gasteiger partial charge on any atom is 0.306 e. The lowest BCUT2D eigenvalue weighted by atomic mass is 10.3. The number of halogens is 1. The van der Waals surface area contributed by atoms with E-state index in [1.165, 1.54) is 0 Å². The van der Waals surface area contributed by atoms with E-state index in [0.29, 0.717) is 24.5 Å². The van der Waals surface area contributed by atoms with E-state index in [4.69, 9.17) is 14.2 Å². The molecule has 0 spiro atoms. The molecule has 0 aliphatic heterocycles. The van der Waals surface area contributed by atoms with Gasteiger partial charge in [0.25, 0.3) is 5.91 Å². The van der Waals surface area contributed by atoms with Crippen molar-refractivity contribution in [3.8, 4) is 11.5 Å². The second-order valence-corrected chi connectivity index (χ2v) is 6.26. The lowest BCUT2D eigenvalue weighted by molar-refractivity contribution is -0.147. The highest BCUT2D eigenvalue weighted by Gasteiger charge is 2.08. The SMILES string of the molecule is COc1ccc(NC(=O)COC(=O)CCCOc2cccc(Br)c2)cc1. The predicted octanol–water partition coefficient (Wildman–Crippen LogP) is 3.80. The van der Waals surface area contributed by atoms with Gasteiger partial charge in [-0.2, -0.15) is 0 Å². The van der Waals surface area contributed by atoms with Crippen molar-refractivity contribution in [3.63, 3.8) is 0 Å². The lowest BCUT2D eigenvalue weighted by Crippen LogP contribution is -2.21. The normalized spacial score (nSPS) is 10.1. The van der Waals surface area contributed by atoms with Crippen LogP contribution in [0, 0.1) is 0 Å². The van der Waals surface area contributed by atoms with Crippen molar-refractivity contribution in [2.75, 3.05) is 25.6 Å². The Balaban J connectivity index is 1.60. The lowest BCUT2D eigenvalue weighted by Gasteiger charge is -2.08. The van der Waals surface area contributed by atoms with Crippen LogP contribution in [-0.2, 0) is 14.3 Å². The maximum absolute atomic E-state index is 11.8. The van der Waals surface area contributed by atoms with Crippen LogP contribution in [0.15, 0.2) is 53.0 Å². The average Bonchev–Trinajstić information content (AvgIpc) is 2.64. The molecule has 2 aromatic carbocycles. The molecule has 0 bridgehead atoms. The van der Waals surface area contributed by atoms with Crippen molar-refractivity contribution in [1.82, 2.24) is 0 Å². The molecule has 1 amide bonds. The number of hydrogen-bond acceptors (Lipinski definition) is 5. The Kier molecular flexibility index (Phi) is 7.95. The summed E-state index contributed by atoms with van der Waals surface area (Å²) in [5, 5.41) is 2.64. The molecule has 0 saturated heterocycles. The summed E-state index contributed by atoms with van der Waals surface area (Å²) >= 11 is 3.36. The smallest absolute Gasteiger partial charge is 0.306 e. The van der Waals surface area contributed by atoms with Gasteiger partial charge in [0, 0.05) is 16.6 Å². The van der Waals surface area contributed by atoms with E-state index in [1.54, 1.807) is 31.4 Å². The number of amides is 1. The fourth-order valence-corrected chi connectivity index (χ4v) is 2.43. The van der Waals surface area contributed by atoms with Crippen molar-refractivity contribution in [2.45, 2.75) is 12.8 Å². The fourth-order valence-electron chi connectivity index (χ4n) is 2.05. The first-order chi connectivity index (χ1) is 12.6. The first-order valence-corrected chi connectivity index (χ1v) is 8.84. The second-order valence-electron chi connectivity index (χ2n) is 5.35. The van der Waals surface area contributed by atoms with Gasteiger partial charge in [0.2, 0.25) is 0 Å². The predicted molar refractivity (Wildman–Crippen MR) is 101 cm³/mol. The second kappa shape index (κ2) is 10.5. The van der Waals surface area contributed by atoms with Gasteiger partial charge >= 0.3 is 5.97 Å². The van der Waals surface area contributed by atoms with Crippen LogP contribution >= 0.6 is 15.9 Å². The number of benzene rings is 2. The maximum atomic E-state index is 11.8. The zero-order valence-corrected chi connectivity index (χ0v) is 16.0. The molecule has 138 valence electrons. The first kappa shape index (κ1) is 19.8. The summed E-state index contributed by atoms with van der Waals surface area (Å²) in [6, 6.07) is 14.3. The Morgan fingerprint density at radius 2 is 1.85 bits per heavy atom. The Bertz CT molecular complexity index is 733. The van der Waals surface area contributed by atoms with E-state index in [0.717, 1.165) is 10.2 Å². The van der Waals surface area contributed by atoms with Crippen LogP contribution in [0.5, 0.6) is 11.5 Å². The number of esters is 1. The molecular weight excluding hydrogens is 402 g/mol. The molecule has 0 unspecified atom stereocenters. The van der Waals surface area contributed by atoms with E-state index >= 15 is 0 Å². The van der Waals surface area contributed by atoms with Crippen LogP contribution in [0.4, 0.5) is 5.69 Å². The van der Waals surface area contributed by atoms with Gasteiger partial charge < -0.3 is 19.5 Å². The van der Waals surface area contributed by atoms with Crippen LogP contribution in [0.1, 0.15) is 12.8 Å². The van der Waals surface area contributed by atoms with Gasteiger partial charge in [0.1, 0.15) is 11.5 Å². The molecule has 2 rings (SSSR count). The van der Waals surface area contributed by atoms with Crippen molar-refractivity contribution in [2.24, 2.45) is 0 Å². The molecule has 1 N–H and O–H groups in total. The Morgan fingerprint density at radius 1 is 1.08 bits per heavy atom. The Hall–Kier alpha value is -2.54. The average molecular weight is 422 g/mol. The van der Waals surface area contributed by atoms with Crippen LogP contribution in [0.3, 0.4) is 0 Å². The quantitative estimate of drug-likeness (QED) is 0.492. The number of anilines is 1. The van der Waals surface area contributed by atoms with Crippen molar-refractivity contribution >= 4 is 33.5 Å². The van der Waals surface area contributed by atoms with Gasteiger partial charge in [0.05, 0.1) is 13.7 Å². The molecule has 0 aliphatic carbocycles. The number of carbonyl (C=O) groups excluding carboxylic acids is 2. The van der Waals surface area contributed by atoms with Gasteiger partial charge in [-0.15, -0.1) is 0 Å². The number of ether oxygens (including phenoxy) is 3. The van der Waals surface area contributed by atoms with Crippen molar-refractivity contribution in [3.05, 3.63) is 53.0 Å². The van der Waals surface area contributed by atoms with E-state index in [9.17, 15) is 9.59 Å². The Labute approximate surface area is 160 Å². The highest BCUT2D eigenvalue weighted by Crippen LogP contribution is 2.18. The van der Waals surface area contributed by atoms with Crippen molar-refractivity contribution in [1.29, 1.82) is 0 Å². The van der Waals surface area contributed by atoms with Crippen LogP contribution < -0.4 is 14.8 Å². The summed E-state index contributed by atoms with van der Waals surface area (Å²) in [6.45, 7) is 0.0704. The third-order valence-electron chi connectivity index (χ3n) is 3.33. The van der Waals surface area contributed by atoms with Crippen LogP contribution in [0.2, 0.25) is 0 Å². The number of methoxy groups -OCH3 is 1. The highest BCUT2D eigenvalue weighted by atomic mass is 79.9. The van der Waals surface area contributed by atoms with E-state index in [-0.39, 0.29) is 13.0 Å². The summed E-state index contributed by atoms with van der Waals surface area (Å²) in [6.07, 6.45) is 0.690. The molecular formula is C19H20BrNO5. The van der Waals surface area contributed by atoms with E-state index in [2.05, 4.69) is 21.2 Å². The summed E-state index contributed by atoms with van der Waals surface area (Å²) in [7, 11) is 1.57. The van der Waals surface area contributed by atoms with Crippen LogP contribution in [0.25, 0.3) is 0 Å². The molecule has 6 nitrogen and oxygen atoms in total. The molecule has 0 aliphatic rings. The molecule has 2 aromatic rings. The minimum absolute atomic E-state index is 0.184. The van der Waals surface area contributed by atoms with E-state index < -0.39 is 11.9 Å². The fraction of sp³-hybridized carbons (Fsp3) is 0.263. The van der Waals surface area contributed by atoms with E-state index in [1.807, 2.05) is 24.3 Å². The molecule has 0 saturated carbocycles. The molecule has 0 aromatic heterocycles. The number of hydrogen-bond donors (Lipinski definition) is 1. The number of carbonyl (C=O) groups is 2. The molecule has 0 heterocycles. The number of nitrogens with one attached hydrogen (secondary N) is 1. The third kappa shape index (κ3) is 7.14. The molecule has 7 heteroatoms. The van der Waals surface area contributed by atoms with Gasteiger partial charge in [-0.05, 0) is 48.9 Å². The number of rotatable bonds is 9. The summed E-state index contributed by atoms with van der Waals surface area (Å²) in [4.78, 5) is 23.4. The molecule has 0 radical (unpaired) electrons. The highest BCUT2D eigenvalue weighted by molar-refractivity contribution is 9.10. The summed E-state index contributed by atoms with van der Waals surface area (Å²) in [5.41, 5.74) is 0.606. The topological polar surface area (TPSA) is 73.9 Å². The largest absolute Gasteiger partial charge is 0.497 e. The van der Waals surface area contributed by atoms with Gasteiger partial charge in [-0.1, -0.05) is 22.0 Å². The molecule has 0 atom stereocenters. The van der Waals surface area contributed by atoms with Gasteiger partial charge in [0.15, 0.2) is 6.61 Å². The molecule has 26 heavy (non-hydrogen) atoms. The first-order valence-electron chi connectivity index (χ1n) is 8.05. The van der Waals surface area contributed by atoms with Crippen LogP contribution in [-0.4, -0.2) is 32.2 Å². The molecule has 0 fully saturated rings. The van der Waals surface area contributed by atoms with Crippen molar-refractivity contribution < 1.29 is 23.8 Å². The zero-order chi connectivity index (χ0) is 18.8. The monoisotopic (exact) mass is 421 g/mol.